The molecule has 0 aromatic carbocycles. The number of ketones is 2. The highest BCUT2D eigenvalue weighted by Crippen LogP contribution is 2.75. The van der Waals surface area contributed by atoms with Gasteiger partial charge < -0.3 is 29.2 Å². The van der Waals surface area contributed by atoms with E-state index in [1.807, 2.05) is 19.1 Å². The Morgan fingerprint density at radius 2 is 1.76 bits per heavy atom. The summed E-state index contributed by atoms with van der Waals surface area (Å²) < 4.78 is 24.7. The van der Waals surface area contributed by atoms with E-state index >= 15 is 0 Å². The Balaban J connectivity index is 1.45. The van der Waals surface area contributed by atoms with Crippen LogP contribution in [0.15, 0.2) is 23.8 Å². The molecular formula is C28H30O10. The SMILES string of the molecule is C[C@]12C(=O)C=CCC1=CC[C@H]1[C@H]2CCC2(O)C(=O)O[C@@]3(C)[C@H]4C[C@]5(C)C6C(=O)[C@@]1(OC[C@@]5(O)C(=O)O4)OC623. The van der Waals surface area contributed by atoms with Crippen molar-refractivity contribution in [3.8, 4) is 0 Å². The van der Waals surface area contributed by atoms with E-state index in [9.17, 15) is 29.4 Å². The minimum absolute atomic E-state index is 0.0230. The topological polar surface area (TPSA) is 146 Å². The molecule has 5 saturated heterocycles. The molecular weight excluding hydrogens is 496 g/mol. The summed E-state index contributed by atoms with van der Waals surface area (Å²) in [6.07, 6.45) is 5.36. The maximum Gasteiger partial charge on any atom is 0.342 e. The van der Waals surface area contributed by atoms with Crippen molar-refractivity contribution >= 4 is 23.5 Å². The lowest BCUT2D eigenvalue weighted by molar-refractivity contribution is -0.390. The second-order valence-corrected chi connectivity index (χ2v) is 13.2. The molecule has 3 unspecified atom stereocenters. The Labute approximate surface area is 218 Å². The molecule has 1 saturated carbocycles. The van der Waals surface area contributed by atoms with Crippen LogP contribution in [-0.4, -0.2) is 74.6 Å². The Morgan fingerprint density at radius 3 is 2.53 bits per heavy atom. The fraction of sp³-hybridized carbons (Fsp3) is 0.714. The second-order valence-electron chi connectivity index (χ2n) is 13.2. The molecule has 6 fully saturated rings. The summed E-state index contributed by atoms with van der Waals surface area (Å²) in [6.45, 7) is 4.45. The van der Waals surface area contributed by atoms with E-state index in [4.69, 9.17) is 18.9 Å². The molecule has 8 rings (SSSR count). The molecule has 0 amide bonds. The monoisotopic (exact) mass is 526 g/mol. The highest BCUT2D eigenvalue weighted by Gasteiger charge is 2.94. The molecule has 10 heteroatoms. The number of allylic oxidation sites excluding steroid dienone is 4. The first-order chi connectivity index (χ1) is 17.8. The van der Waals surface area contributed by atoms with Crippen LogP contribution in [0.3, 0.4) is 0 Å². The third-order valence-electron chi connectivity index (χ3n) is 12.1. The van der Waals surface area contributed by atoms with Crippen molar-refractivity contribution in [3.05, 3.63) is 23.8 Å². The van der Waals surface area contributed by atoms with Gasteiger partial charge in [0, 0.05) is 11.3 Å². The van der Waals surface area contributed by atoms with Crippen molar-refractivity contribution in [2.45, 2.75) is 87.2 Å². The normalized spacial score (nSPS) is 59.2. The lowest BCUT2D eigenvalue weighted by Crippen LogP contribution is -2.82. The molecule has 38 heavy (non-hydrogen) atoms. The smallest absolute Gasteiger partial charge is 0.342 e. The van der Waals surface area contributed by atoms with Crippen LogP contribution in [0.25, 0.3) is 0 Å². The van der Waals surface area contributed by atoms with Crippen LogP contribution < -0.4 is 0 Å². The fourth-order valence-corrected chi connectivity index (χ4v) is 9.97. The number of carbonyl (C=O) groups excluding carboxylic acids is 4. The molecule has 5 bridgehead atoms. The van der Waals surface area contributed by atoms with E-state index in [2.05, 4.69) is 0 Å². The average Bonchev–Trinajstić information content (AvgIpc) is 3.20. The molecule has 10 nitrogen and oxygen atoms in total. The van der Waals surface area contributed by atoms with E-state index < -0.39 is 87.2 Å². The summed E-state index contributed by atoms with van der Waals surface area (Å²) in [5.74, 6) is -7.05. The number of hydrogen-bond donors (Lipinski definition) is 2. The quantitative estimate of drug-likeness (QED) is 0.341. The van der Waals surface area contributed by atoms with Crippen molar-refractivity contribution in [1.29, 1.82) is 0 Å². The molecule has 0 aromatic rings. The molecule has 5 heterocycles. The van der Waals surface area contributed by atoms with Crippen LogP contribution >= 0.6 is 0 Å². The molecule has 5 aliphatic heterocycles. The third kappa shape index (κ3) is 1.91. The van der Waals surface area contributed by atoms with Gasteiger partial charge in [0.1, 0.15) is 6.10 Å². The Bertz CT molecular complexity index is 1350. The summed E-state index contributed by atoms with van der Waals surface area (Å²) in [5, 5.41) is 24.3. The van der Waals surface area contributed by atoms with E-state index in [1.165, 1.54) is 6.92 Å². The van der Waals surface area contributed by atoms with E-state index in [1.54, 1.807) is 13.0 Å². The average molecular weight is 527 g/mol. The predicted molar refractivity (Wildman–Crippen MR) is 124 cm³/mol. The zero-order valence-electron chi connectivity index (χ0n) is 21.4. The number of esters is 2. The summed E-state index contributed by atoms with van der Waals surface area (Å²) in [6, 6.07) is 0. The molecule has 2 spiro atoms. The van der Waals surface area contributed by atoms with Gasteiger partial charge in [-0.1, -0.05) is 24.6 Å². The van der Waals surface area contributed by atoms with Crippen LogP contribution in [0, 0.1) is 28.6 Å². The first-order valence-corrected chi connectivity index (χ1v) is 13.4. The van der Waals surface area contributed by atoms with Crippen molar-refractivity contribution in [2.75, 3.05) is 6.61 Å². The number of ether oxygens (including phenoxy) is 4. The minimum Gasteiger partial charge on any atom is -0.456 e. The zero-order chi connectivity index (χ0) is 26.9. The van der Waals surface area contributed by atoms with E-state index in [0.717, 1.165) is 5.57 Å². The number of aliphatic hydroxyl groups is 2. The van der Waals surface area contributed by atoms with Crippen molar-refractivity contribution in [3.63, 3.8) is 0 Å². The largest absolute Gasteiger partial charge is 0.456 e. The number of rotatable bonds is 0. The van der Waals surface area contributed by atoms with Crippen molar-refractivity contribution in [1.82, 2.24) is 0 Å². The standard InChI is InChI=1S/C28H30O10/c1-22-11-17-24(3)28-18(22)19(30)27(38-28,35-12-26(22,34)20(31)36-17)15-8-7-13-5-4-6-16(29)23(13,2)14(15)9-10-25(28,33)21(32)37-24/h4,6-7,14-15,17-18,33-34H,5,8-12H2,1-3H3/t14-,15+,17-,18?,22-,23+,24+,25?,26-,27+,28?/m1/s1. The summed E-state index contributed by atoms with van der Waals surface area (Å²) in [4.78, 5) is 55.4. The molecule has 3 aliphatic carbocycles. The number of carbonyl (C=O) groups is 4. The number of fused-ring (bicyclic) bond motifs is 5. The van der Waals surface area contributed by atoms with Gasteiger partial charge in [-0.15, -0.1) is 0 Å². The van der Waals surface area contributed by atoms with Gasteiger partial charge in [-0.3, -0.25) is 9.59 Å². The molecule has 0 radical (unpaired) electrons. The van der Waals surface area contributed by atoms with Gasteiger partial charge >= 0.3 is 11.9 Å². The number of Topliss-reactive ketones (excluding diaryl/α,β-unsaturated/α-hetero) is 1. The fourth-order valence-electron chi connectivity index (χ4n) is 9.97. The van der Waals surface area contributed by atoms with Crippen molar-refractivity contribution < 1.29 is 48.3 Å². The highest BCUT2D eigenvalue weighted by molar-refractivity contribution is 6.01. The number of hydrogen-bond acceptors (Lipinski definition) is 10. The first kappa shape index (κ1) is 23.5. The Hall–Kier alpha value is -2.40. The van der Waals surface area contributed by atoms with Crippen LogP contribution in [0.5, 0.6) is 0 Å². The maximum atomic E-state index is 14.9. The van der Waals surface area contributed by atoms with E-state index in [-0.39, 0.29) is 25.0 Å². The van der Waals surface area contributed by atoms with Crippen LogP contribution in [0.2, 0.25) is 0 Å². The van der Waals surface area contributed by atoms with Crippen LogP contribution in [0.1, 0.15) is 52.9 Å². The van der Waals surface area contributed by atoms with Gasteiger partial charge in [0.2, 0.25) is 5.79 Å². The van der Waals surface area contributed by atoms with Crippen LogP contribution in [-0.2, 0) is 38.1 Å². The highest BCUT2D eigenvalue weighted by atomic mass is 16.8. The summed E-state index contributed by atoms with van der Waals surface area (Å²) in [7, 11) is 0. The molecule has 8 aliphatic rings. The maximum absolute atomic E-state index is 14.9. The van der Waals surface area contributed by atoms with Crippen LogP contribution in [0.4, 0.5) is 0 Å². The van der Waals surface area contributed by atoms with Gasteiger partial charge in [-0.05, 0) is 57.9 Å². The van der Waals surface area contributed by atoms with Gasteiger partial charge in [0.25, 0.3) is 0 Å². The second kappa shape index (κ2) is 6.16. The molecule has 0 aromatic heterocycles. The van der Waals surface area contributed by atoms with Gasteiger partial charge in [0.05, 0.1) is 17.9 Å². The lowest BCUT2D eigenvalue weighted by atomic mass is 9.45. The minimum atomic E-state index is -2.30. The molecule has 11 atom stereocenters. The van der Waals surface area contributed by atoms with Crippen molar-refractivity contribution in [2.24, 2.45) is 28.6 Å². The van der Waals surface area contributed by atoms with Gasteiger partial charge in [0.15, 0.2) is 34.0 Å². The zero-order valence-corrected chi connectivity index (χ0v) is 21.4. The third-order valence-corrected chi connectivity index (χ3v) is 12.1. The van der Waals surface area contributed by atoms with E-state index in [0.29, 0.717) is 12.8 Å². The van der Waals surface area contributed by atoms with Gasteiger partial charge in [-0.25, -0.2) is 9.59 Å². The Morgan fingerprint density at radius 1 is 1.00 bits per heavy atom. The predicted octanol–water partition coefficient (Wildman–Crippen LogP) is 0.672. The first-order valence-electron chi connectivity index (χ1n) is 13.4. The Kier molecular flexibility index (Phi) is 3.81. The molecule has 2 N–H and O–H groups in total. The van der Waals surface area contributed by atoms with Gasteiger partial charge in [-0.2, -0.15) is 0 Å². The summed E-state index contributed by atoms with van der Waals surface area (Å²) >= 11 is 0. The lowest BCUT2D eigenvalue weighted by Gasteiger charge is -2.64. The molecule has 202 valence electrons. The summed E-state index contributed by atoms with van der Waals surface area (Å²) in [5.41, 5.74) is -9.72.